The lowest BCUT2D eigenvalue weighted by molar-refractivity contribution is 0.143. The number of rotatable bonds is 3. The Morgan fingerprint density at radius 2 is 2.24 bits per heavy atom. The Morgan fingerprint density at radius 1 is 1.43 bits per heavy atom. The Labute approximate surface area is 132 Å². The first-order valence-electron chi connectivity index (χ1n) is 6.43. The van der Waals surface area contributed by atoms with Crippen LogP contribution in [0.15, 0.2) is 28.7 Å². The minimum absolute atomic E-state index is 0.0704. The summed E-state index contributed by atoms with van der Waals surface area (Å²) in [6.45, 7) is 1.50. The number of nitrogens with one attached hydrogen (secondary N) is 1. The van der Waals surface area contributed by atoms with Crippen molar-refractivity contribution >= 4 is 33.0 Å². The fourth-order valence-electron chi connectivity index (χ4n) is 2.39. The van der Waals surface area contributed by atoms with Crippen molar-refractivity contribution in [1.82, 2.24) is 19.2 Å². The molecule has 3 rings (SSSR count). The third-order valence-corrected chi connectivity index (χ3v) is 7.15. The van der Waals surface area contributed by atoms with Crippen molar-refractivity contribution in [3.05, 3.63) is 34.7 Å². The number of H-pyrrole nitrogens is 1. The van der Waals surface area contributed by atoms with Gasteiger partial charge in [-0.05, 0) is 19.2 Å². The van der Waals surface area contributed by atoms with Crippen LogP contribution in [0.5, 0.6) is 0 Å². The van der Waals surface area contributed by atoms with Crippen LogP contribution in [0.3, 0.4) is 0 Å². The maximum Gasteiger partial charge on any atom is 0.252 e. The van der Waals surface area contributed by atoms with Gasteiger partial charge in [0, 0.05) is 32.0 Å². The smallest absolute Gasteiger partial charge is 0.252 e. The highest BCUT2D eigenvalue weighted by Crippen LogP contribution is 2.31. The zero-order valence-corrected chi connectivity index (χ0v) is 13.7. The third kappa shape index (κ3) is 2.86. The molecule has 21 heavy (non-hydrogen) atoms. The fourth-order valence-corrected chi connectivity index (χ4v) is 5.46. The summed E-state index contributed by atoms with van der Waals surface area (Å²) in [5.41, 5.74) is 0. The average Bonchev–Trinajstić information content (AvgIpc) is 3.10. The maximum absolute atomic E-state index is 12.7. The molecule has 0 amide bonds. The Bertz CT molecular complexity index is 713. The van der Waals surface area contributed by atoms with Gasteiger partial charge in [-0.15, -0.1) is 11.3 Å². The van der Waals surface area contributed by atoms with Crippen molar-refractivity contribution in [2.45, 2.75) is 10.3 Å². The summed E-state index contributed by atoms with van der Waals surface area (Å²) in [5, 5.41) is 0. The maximum atomic E-state index is 12.7. The van der Waals surface area contributed by atoms with Gasteiger partial charge in [0.05, 0.1) is 10.4 Å². The lowest BCUT2D eigenvalue weighted by atomic mass is 10.2. The zero-order valence-electron chi connectivity index (χ0n) is 11.4. The molecule has 2 aromatic rings. The molecule has 0 radical (unpaired) electrons. The second-order valence-electron chi connectivity index (χ2n) is 4.89. The molecule has 9 heteroatoms. The van der Waals surface area contributed by atoms with Crippen molar-refractivity contribution in [3.63, 3.8) is 0 Å². The van der Waals surface area contributed by atoms with Gasteiger partial charge in [-0.1, -0.05) is 11.6 Å². The second-order valence-corrected chi connectivity index (χ2v) is 8.77. The average molecular weight is 347 g/mol. The first kappa shape index (κ1) is 15.0. The van der Waals surface area contributed by atoms with Gasteiger partial charge in [-0.25, -0.2) is 13.4 Å². The van der Waals surface area contributed by atoms with E-state index in [4.69, 9.17) is 11.6 Å². The summed E-state index contributed by atoms with van der Waals surface area (Å²) in [5.74, 6) is 0.779. The number of hydrogen-bond donors (Lipinski definition) is 1. The van der Waals surface area contributed by atoms with Crippen molar-refractivity contribution in [1.29, 1.82) is 0 Å². The quantitative estimate of drug-likeness (QED) is 0.920. The van der Waals surface area contributed by atoms with E-state index in [1.807, 2.05) is 7.05 Å². The number of likely N-dealkylation sites (N-methyl/N-ethyl adjacent to an activating group) is 1. The first-order valence-corrected chi connectivity index (χ1v) is 9.07. The van der Waals surface area contributed by atoms with Crippen LogP contribution in [-0.4, -0.2) is 54.3 Å². The van der Waals surface area contributed by atoms with E-state index in [9.17, 15) is 8.42 Å². The molecule has 0 unspecified atom stereocenters. The van der Waals surface area contributed by atoms with Crippen LogP contribution in [0.1, 0.15) is 11.9 Å². The molecule has 2 aromatic heterocycles. The van der Waals surface area contributed by atoms with Gasteiger partial charge in [0.2, 0.25) is 0 Å². The lowest BCUT2D eigenvalue weighted by Crippen LogP contribution is -2.49. The monoisotopic (exact) mass is 346 g/mol. The van der Waals surface area contributed by atoms with Crippen LogP contribution in [0.2, 0.25) is 4.34 Å². The van der Waals surface area contributed by atoms with Crippen molar-refractivity contribution < 1.29 is 8.42 Å². The van der Waals surface area contributed by atoms with E-state index in [0.29, 0.717) is 24.0 Å². The number of piperazine rings is 1. The molecule has 1 fully saturated rings. The molecule has 1 aliphatic heterocycles. The van der Waals surface area contributed by atoms with Crippen LogP contribution in [0.4, 0.5) is 0 Å². The van der Waals surface area contributed by atoms with Crippen LogP contribution >= 0.6 is 22.9 Å². The minimum atomic E-state index is -3.49. The molecule has 1 N–H and O–H groups in total. The standard InChI is InChI=1S/C12H15ClN4O2S2/c1-16-6-7-17(8-9(16)12-14-4-5-15-12)21(18,19)11-3-2-10(13)20-11/h2-5,9H,6-8H2,1H3,(H,14,15)/t9-/m0/s1. The molecule has 0 spiro atoms. The molecular formula is C12H15ClN4O2S2. The molecule has 1 aliphatic rings. The zero-order chi connectivity index (χ0) is 15.0. The second kappa shape index (κ2) is 5.69. The summed E-state index contributed by atoms with van der Waals surface area (Å²) >= 11 is 6.94. The number of imidazole rings is 1. The topological polar surface area (TPSA) is 69.3 Å². The van der Waals surface area contributed by atoms with E-state index in [1.165, 1.54) is 4.31 Å². The van der Waals surface area contributed by atoms with Crippen LogP contribution in [-0.2, 0) is 10.0 Å². The number of aromatic amines is 1. The Kier molecular flexibility index (Phi) is 4.06. The minimum Gasteiger partial charge on any atom is -0.347 e. The van der Waals surface area contributed by atoms with E-state index < -0.39 is 10.0 Å². The number of thiophene rings is 1. The third-order valence-electron chi connectivity index (χ3n) is 3.59. The summed E-state index contributed by atoms with van der Waals surface area (Å²) < 4.78 is 27.6. The molecule has 0 aliphatic carbocycles. The van der Waals surface area contributed by atoms with E-state index in [1.54, 1.807) is 24.5 Å². The highest BCUT2D eigenvalue weighted by Gasteiger charge is 2.35. The Hall–Kier alpha value is -0.930. The molecule has 114 valence electrons. The number of hydrogen-bond acceptors (Lipinski definition) is 5. The lowest BCUT2D eigenvalue weighted by Gasteiger charge is -2.37. The Morgan fingerprint density at radius 3 is 2.86 bits per heavy atom. The van der Waals surface area contributed by atoms with Crippen molar-refractivity contribution in [3.8, 4) is 0 Å². The van der Waals surface area contributed by atoms with E-state index in [2.05, 4.69) is 14.9 Å². The molecule has 6 nitrogen and oxygen atoms in total. The fraction of sp³-hybridized carbons (Fsp3) is 0.417. The predicted octanol–water partition coefficient (Wildman–Crippen LogP) is 1.80. The summed E-state index contributed by atoms with van der Waals surface area (Å²) in [6, 6.07) is 3.10. The van der Waals surface area contributed by atoms with E-state index >= 15 is 0 Å². The molecule has 0 aromatic carbocycles. The molecular weight excluding hydrogens is 332 g/mol. The van der Waals surface area contributed by atoms with Gasteiger partial charge < -0.3 is 4.98 Å². The highest BCUT2D eigenvalue weighted by molar-refractivity contribution is 7.91. The molecule has 0 bridgehead atoms. The summed E-state index contributed by atoms with van der Waals surface area (Å²) in [7, 11) is -1.52. The van der Waals surface area contributed by atoms with Gasteiger partial charge in [0.1, 0.15) is 10.0 Å². The van der Waals surface area contributed by atoms with Crippen molar-refractivity contribution in [2.24, 2.45) is 0 Å². The number of aromatic nitrogens is 2. The first-order chi connectivity index (χ1) is 9.98. The van der Waals surface area contributed by atoms with Crippen LogP contribution in [0.25, 0.3) is 0 Å². The molecule has 0 saturated carbocycles. The van der Waals surface area contributed by atoms with Gasteiger partial charge in [-0.2, -0.15) is 4.31 Å². The normalized spacial score (nSPS) is 21.7. The molecule has 1 saturated heterocycles. The number of sulfonamides is 1. The number of nitrogens with zero attached hydrogens (tertiary/aromatic N) is 3. The summed E-state index contributed by atoms with van der Waals surface area (Å²) in [4.78, 5) is 9.41. The number of halogens is 1. The van der Waals surface area contributed by atoms with Crippen LogP contribution in [0, 0.1) is 0 Å². The molecule has 3 heterocycles. The van der Waals surface area contributed by atoms with Crippen molar-refractivity contribution in [2.75, 3.05) is 26.7 Å². The largest absolute Gasteiger partial charge is 0.347 e. The highest BCUT2D eigenvalue weighted by atomic mass is 35.5. The SMILES string of the molecule is CN1CCN(S(=O)(=O)c2ccc(Cl)s2)C[C@H]1c1ncc[nH]1. The van der Waals surface area contributed by atoms with Gasteiger partial charge >= 0.3 is 0 Å². The Balaban J connectivity index is 1.86. The van der Waals surface area contributed by atoms with E-state index in [0.717, 1.165) is 17.2 Å². The van der Waals surface area contributed by atoms with Gasteiger partial charge in [0.15, 0.2) is 0 Å². The van der Waals surface area contributed by atoms with E-state index in [-0.39, 0.29) is 10.3 Å². The summed E-state index contributed by atoms with van der Waals surface area (Å²) in [6.07, 6.45) is 3.42. The van der Waals surface area contributed by atoms with Gasteiger partial charge in [0.25, 0.3) is 10.0 Å². The predicted molar refractivity (Wildman–Crippen MR) is 82.0 cm³/mol. The van der Waals surface area contributed by atoms with Crippen LogP contribution < -0.4 is 0 Å². The van der Waals surface area contributed by atoms with Gasteiger partial charge in [-0.3, -0.25) is 4.90 Å². The molecule has 1 atom stereocenters.